The van der Waals surface area contributed by atoms with Crippen molar-refractivity contribution in [2.75, 3.05) is 6.61 Å². The summed E-state index contributed by atoms with van der Waals surface area (Å²) in [7, 11) is 0. The number of para-hydroxylation sites is 2. The lowest BCUT2D eigenvalue weighted by Crippen LogP contribution is -2.07. The van der Waals surface area contributed by atoms with Gasteiger partial charge in [0, 0.05) is 0 Å². The van der Waals surface area contributed by atoms with Crippen LogP contribution >= 0.6 is 0 Å². The minimum absolute atomic E-state index is 0.368. The SMILES string of the molecule is Cc1ccccc1/C=C(/COc1ccccc1)Oc1ccccc1. The number of hydrogen-bond donors (Lipinski definition) is 0. The number of hydrogen-bond acceptors (Lipinski definition) is 2. The van der Waals surface area contributed by atoms with Crippen LogP contribution in [0.3, 0.4) is 0 Å². The summed E-state index contributed by atoms with van der Waals surface area (Å²) < 4.78 is 11.9. The number of ether oxygens (including phenoxy) is 2. The monoisotopic (exact) mass is 316 g/mol. The zero-order valence-corrected chi connectivity index (χ0v) is 13.7. The highest BCUT2D eigenvalue weighted by Crippen LogP contribution is 2.18. The molecule has 2 heteroatoms. The minimum atomic E-state index is 0.368. The molecule has 0 aliphatic rings. The van der Waals surface area contributed by atoms with Crippen molar-refractivity contribution in [1.29, 1.82) is 0 Å². The molecule has 0 N–H and O–H groups in total. The molecule has 0 amide bonds. The largest absolute Gasteiger partial charge is 0.486 e. The highest BCUT2D eigenvalue weighted by molar-refractivity contribution is 5.56. The summed E-state index contributed by atoms with van der Waals surface area (Å²) in [5, 5.41) is 0. The van der Waals surface area contributed by atoms with Crippen LogP contribution in [0.1, 0.15) is 11.1 Å². The van der Waals surface area contributed by atoms with E-state index >= 15 is 0 Å². The van der Waals surface area contributed by atoms with Gasteiger partial charge in [-0.15, -0.1) is 0 Å². The van der Waals surface area contributed by atoms with Gasteiger partial charge in [-0.05, 0) is 48.4 Å². The van der Waals surface area contributed by atoms with E-state index in [-0.39, 0.29) is 0 Å². The number of benzene rings is 3. The van der Waals surface area contributed by atoms with Gasteiger partial charge in [0.2, 0.25) is 0 Å². The fraction of sp³-hybridized carbons (Fsp3) is 0.0909. The lowest BCUT2D eigenvalue weighted by molar-refractivity contribution is 0.283. The average Bonchev–Trinajstić information content (AvgIpc) is 2.63. The molecule has 0 atom stereocenters. The predicted molar refractivity (Wildman–Crippen MR) is 98.2 cm³/mol. The summed E-state index contributed by atoms with van der Waals surface area (Å²) in [4.78, 5) is 0. The first kappa shape index (κ1) is 15.9. The van der Waals surface area contributed by atoms with Gasteiger partial charge in [0.25, 0.3) is 0 Å². The third-order valence-electron chi connectivity index (χ3n) is 3.62. The summed E-state index contributed by atoms with van der Waals surface area (Å²) in [6.45, 7) is 2.46. The molecule has 0 aromatic heterocycles. The molecule has 0 radical (unpaired) electrons. The Kier molecular flexibility index (Phi) is 5.31. The molecular weight excluding hydrogens is 296 g/mol. The summed E-state index contributed by atoms with van der Waals surface area (Å²) in [6.07, 6.45) is 2.03. The molecule has 3 rings (SSSR count). The Bertz CT molecular complexity index is 792. The van der Waals surface area contributed by atoms with Crippen molar-refractivity contribution >= 4 is 6.08 Å². The lowest BCUT2D eigenvalue weighted by Gasteiger charge is -2.12. The van der Waals surface area contributed by atoms with Crippen LogP contribution in [0.4, 0.5) is 0 Å². The minimum Gasteiger partial charge on any atom is -0.486 e. The van der Waals surface area contributed by atoms with Crippen LogP contribution in [0, 0.1) is 6.92 Å². The first-order valence-electron chi connectivity index (χ1n) is 7.98. The van der Waals surface area contributed by atoms with E-state index in [2.05, 4.69) is 19.1 Å². The Morgan fingerprint density at radius 2 is 1.33 bits per heavy atom. The van der Waals surface area contributed by atoms with Crippen LogP contribution < -0.4 is 9.47 Å². The van der Waals surface area contributed by atoms with Crippen molar-refractivity contribution in [3.05, 3.63) is 102 Å². The molecule has 120 valence electrons. The van der Waals surface area contributed by atoms with Crippen LogP contribution in [0.5, 0.6) is 11.5 Å². The van der Waals surface area contributed by atoms with Crippen molar-refractivity contribution in [1.82, 2.24) is 0 Å². The van der Waals surface area contributed by atoms with Gasteiger partial charge in [-0.1, -0.05) is 60.7 Å². The fourth-order valence-corrected chi connectivity index (χ4v) is 2.33. The van der Waals surface area contributed by atoms with Gasteiger partial charge >= 0.3 is 0 Å². The second kappa shape index (κ2) is 8.02. The van der Waals surface area contributed by atoms with Crippen molar-refractivity contribution in [2.24, 2.45) is 0 Å². The van der Waals surface area contributed by atoms with E-state index in [9.17, 15) is 0 Å². The van der Waals surface area contributed by atoms with Gasteiger partial charge in [0.05, 0.1) is 0 Å². The van der Waals surface area contributed by atoms with Crippen LogP contribution in [-0.2, 0) is 0 Å². The normalized spacial score (nSPS) is 11.1. The second-order valence-electron chi connectivity index (χ2n) is 5.48. The number of rotatable bonds is 6. The van der Waals surface area contributed by atoms with Gasteiger partial charge in [-0.25, -0.2) is 0 Å². The molecule has 3 aromatic rings. The molecule has 0 bridgehead atoms. The van der Waals surface area contributed by atoms with Crippen molar-refractivity contribution < 1.29 is 9.47 Å². The van der Waals surface area contributed by atoms with Gasteiger partial charge in [-0.3, -0.25) is 0 Å². The van der Waals surface area contributed by atoms with E-state index in [1.165, 1.54) is 5.56 Å². The third-order valence-corrected chi connectivity index (χ3v) is 3.62. The van der Waals surface area contributed by atoms with E-state index in [1.807, 2.05) is 78.9 Å². The molecule has 0 saturated carbocycles. The molecule has 2 nitrogen and oxygen atoms in total. The van der Waals surface area contributed by atoms with Crippen molar-refractivity contribution in [3.63, 3.8) is 0 Å². The number of aryl methyl sites for hydroxylation is 1. The maximum absolute atomic E-state index is 6.03. The molecule has 0 fully saturated rings. The van der Waals surface area contributed by atoms with Crippen LogP contribution in [-0.4, -0.2) is 6.61 Å². The Morgan fingerprint density at radius 1 is 0.750 bits per heavy atom. The Morgan fingerprint density at radius 3 is 2.00 bits per heavy atom. The van der Waals surface area contributed by atoms with Crippen LogP contribution in [0.2, 0.25) is 0 Å². The highest BCUT2D eigenvalue weighted by Gasteiger charge is 2.05. The Balaban J connectivity index is 1.81. The zero-order valence-electron chi connectivity index (χ0n) is 13.7. The summed E-state index contributed by atoms with van der Waals surface area (Å²) in [6, 6.07) is 27.7. The first-order valence-corrected chi connectivity index (χ1v) is 7.98. The summed E-state index contributed by atoms with van der Waals surface area (Å²) >= 11 is 0. The van der Waals surface area contributed by atoms with Gasteiger partial charge in [0.15, 0.2) is 0 Å². The van der Waals surface area contributed by atoms with Crippen molar-refractivity contribution in [2.45, 2.75) is 6.92 Å². The van der Waals surface area contributed by atoms with Crippen LogP contribution in [0.25, 0.3) is 6.08 Å². The standard InChI is InChI=1S/C22H20O2/c1-18-10-8-9-11-19(18)16-22(24-21-14-6-3-7-15-21)17-23-20-12-4-2-5-13-20/h2-16H,17H2,1H3/b22-16-. The third kappa shape index (κ3) is 4.50. The van der Waals surface area contributed by atoms with E-state index in [0.717, 1.165) is 22.8 Å². The molecular formula is C22H20O2. The van der Waals surface area contributed by atoms with Crippen LogP contribution in [0.15, 0.2) is 90.7 Å². The molecule has 0 spiro atoms. The predicted octanol–water partition coefficient (Wildman–Crippen LogP) is 5.49. The topological polar surface area (TPSA) is 18.5 Å². The molecule has 0 heterocycles. The molecule has 0 aliphatic heterocycles. The Hall–Kier alpha value is -3.00. The maximum atomic E-state index is 6.03. The molecule has 0 saturated heterocycles. The molecule has 0 unspecified atom stereocenters. The van der Waals surface area contributed by atoms with Gasteiger partial charge < -0.3 is 9.47 Å². The van der Waals surface area contributed by atoms with E-state index < -0.39 is 0 Å². The summed E-state index contributed by atoms with van der Waals surface area (Å²) in [5.41, 5.74) is 2.33. The highest BCUT2D eigenvalue weighted by atomic mass is 16.5. The fourth-order valence-electron chi connectivity index (χ4n) is 2.33. The van der Waals surface area contributed by atoms with E-state index in [4.69, 9.17) is 9.47 Å². The molecule has 24 heavy (non-hydrogen) atoms. The van der Waals surface area contributed by atoms with Gasteiger partial charge in [-0.2, -0.15) is 0 Å². The summed E-state index contributed by atoms with van der Waals surface area (Å²) in [5.74, 6) is 2.39. The lowest BCUT2D eigenvalue weighted by atomic mass is 10.1. The second-order valence-corrected chi connectivity index (χ2v) is 5.48. The van der Waals surface area contributed by atoms with E-state index in [1.54, 1.807) is 0 Å². The first-order chi connectivity index (χ1) is 11.8. The molecule has 0 aliphatic carbocycles. The zero-order chi connectivity index (χ0) is 16.6. The van der Waals surface area contributed by atoms with E-state index in [0.29, 0.717) is 6.61 Å². The smallest absolute Gasteiger partial charge is 0.146 e. The Labute approximate surface area is 143 Å². The van der Waals surface area contributed by atoms with Crippen molar-refractivity contribution in [3.8, 4) is 11.5 Å². The maximum Gasteiger partial charge on any atom is 0.146 e. The average molecular weight is 316 g/mol. The quantitative estimate of drug-likeness (QED) is 0.559. The molecule has 3 aromatic carbocycles. The van der Waals surface area contributed by atoms with Gasteiger partial charge in [0.1, 0.15) is 23.9 Å².